The Morgan fingerprint density at radius 2 is 2.03 bits per heavy atom. The van der Waals surface area contributed by atoms with Crippen LogP contribution in [-0.2, 0) is 7.05 Å². The zero-order valence-corrected chi connectivity index (χ0v) is 17.8. The maximum absolute atomic E-state index is 12.5. The van der Waals surface area contributed by atoms with Crippen molar-refractivity contribution >= 4 is 23.1 Å². The molecule has 2 aromatic heterocycles. The molecule has 2 unspecified atom stereocenters. The molecule has 1 saturated heterocycles. The Labute approximate surface area is 177 Å². The van der Waals surface area contributed by atoms with Crippen molar-refractivity contribution in [3.8, 4) is 0 Å². The highest BCUT2D eigenvalue weighted by Crippen LogP contribution is 2.44. The number of piperidine rings is 1. The van der Waals surface area contributed by atoms with Crippen molar-refractivity contribution in [2.24, 2.45) is 7.05 Å². The molecule has 2 atom stereocenters. The summed E-state index contributed by atoms with van der Waals surface area (Å²) in [7, 11) is 1.79. The van der Waals surface area contributed by atoms with Crippen LogP contribution in [0.15, 0.2) is 17.5 Å². The summed E-state index contributed by atoms with van der Waals surface area (Å²) in [6, 6.07) is 4.38. The van der Waals surface area contributed by atoms with Gasteiger partial charge in [-0.15, -0.1) is 11.3 Å². The van der Waals surface area contributed by atoms with Crippen molar-refractivity contribution in [3.63, 3.8) is 0 Å². The molecule has 0 bridgehead atoms. The van der Waals surface area contributed by atoms with Crippen molar-refractivity contribution in [3.05, 3.63) is 33.6 Å². The number of thiophene rings is 1. The van der Waals surface area contributed by atoms with Gasteiger partial charge < -0.3 is 10.6 Å². The van der Waals surface area contributed by atoms with Crippen LogP contribution in [0.4, 0.5) is 19.0 Å². The van der Waals surface area contributed by atoms with Crippen molar-refractivity contribution in [2.45, 2.75) is 50.4 Å². The zero-order chi connectivity index (χ0) is 21.5. The van der Waals surface area contributed by atoms with E-state index in [2.05, 4.69) is 15.7 Å². The molecule has 2 fully saturated rings. The van der Waals surface area contributed by atoms with Gasteiger partial charge in [0.1, 0.15) is 5.82 Å². The fourth-order valence-corrected chi connectivity index (χ4v) is 5.16. The van der Waals surface area contributed by atoms with Gasteiger partial charge in [-0.2, -0.15) is 18.3 Å². The Morgan fingerprint density at radius 3 is 2.67 bits per heavy atom. The molecular formula is C20H26F3N5OS. The number of hydrogen-bond acceptors (Lipinski definition) is 5. The lowest BCUT2D eigenvalue weighted by atomic mass is 10.0. The van der Waals surface area contributed by atoms with Crippen LogP contribution in [0.5, 0.6) is 0 Å². The van der Waals surface area contributed by atoms with Crippen LogP contribution >= 0.6 is 11.3 Å². The van der Waals surface area contributed by atoms with Crippen LogP contribution in [0.25, 0.3) is 0 Å². The summed E-state index contributed by atoms with van der Waals surface area (Å²) >= 11 is 1.58. The molecule has 0 aromatic carbocycles. The van der Waals surface area contributed by atoms with Crippen molar-refractivity contribution in [1.29, 1.82) is 0 Å². The molecule has 6 nitrogen and oxygen atoms in total. The van der Waals surface area contributed by atoms with Crippen LogP contribution in [0.3, 0.4) is 0 Å². The number of rotatable bonds is 6. The van der Waals surface area contributed by atoms with Crippen LogP contribution in [-0.4, -0.2) is 58.5 Å². The molecule has 0 spiro atoms. The van der Waals surface area contributed by atoms with E-state index in [9.17, 15) is 18.0 Å². The Hall–Kier alpha value is -1.91. The molecule has 3 heterocycles. The number of hydrogen-bond donors (Lipinski definition) is 2. The summed E-state index contributed by atoms with van der Waals surface area (Å²) in [4.78, 5) is 15.2. The summed E-state index contributed by atoms with van der Waals surface area (Å²) in [5.41, 5.74) is 1.48. The van der Waals surface area contributed by atoms with E-state index >= 15 is 0 Å². The number of aryl methyl sites for hydroxylation is 2. The van der Waals surface area contributed by atoms with Crippen molar-refractivity contribution in [1.82, 2.24) is 20.0 Å². The van der Waals surface area contributed by atoms with Crippen LogP contribution in [0.1, 0.15) is 46.1 Å². The van der Waals surface area contributed by atoms with E-state index in [4.69, 9.17) is 0 Å². The second-order valence-corrected chi connectivity index (χ2v) is 9.21. The number of nitrogens with zero attached hydrogens (tertiary/aromatic N) is 3. The largest absolute Gasteiger partial charge is 0.401 e. The number of aromatic nitrogens is 2. The summed E-state index contributed by atoms with van der Waals surface area (Å²) in [5, 5.41) is 12.6. The van der Waals surface area contributed by atoms with Crippen LogP contribution in [0.2, 0.25) is 0 Å². The van der Waals surface area contributed by atoms with E-state index in [0.29, 0.717) is 36.4 Å². The molecule has 10 heteroatoms. The summed E-state index contributed by atoms with van der Waals surface area (Å²) in [5.74, 6) is 0.888. The fraction of sp³-hybridized carbons (Fsp3) is 0.600. The lowest BCUT2D eigenvalue weighted by Gasteiger charge is -2.33. The van der Waals surface area contributed by atoms with Gasteiger partial charge in [0.05, 0.1) is 17.8 Å². The van der Waals surface area contributed by atoms with E-state index in [1.165, 1.54) is 9.78 Å². The minimum atomic E-state index is -4.12. The molecule has 2 aromatic rings. The lowest BCUT2D eigenvalue weighted by Crippen LogP contribution is -2.46. The molecule has 1 amide bonds. The monoisotopic (exact) mass is 441 g/mol. The van der Waals surface area contributed by atoms with Gasteiger partial charge in [0.25, 0.3) is 5.91 Å². The van der Waals surface area contributed by atoms with Crippen LogP contribution in [0, 0.1) is 6.92 Å². The average Bonchev–Trinajstić information content (AvgIpc) is 3.09. The number of amides is 1. The van der Waals surface area contributed by atoms with Gasteiger partial charge in [0, 0.05) is 41.4 Å². The topological polar surface area (TPSA) is 62.2 Å². The Morgan fingerprint density at radius 1 is 1.30 bits per heavy atom. The second kappa shape index (κ2) is 8.32. The highest BCUT2D eigenvalue weighted by atomic mass is 32.1. The van der Waals surface area contributed by atoms with E-state index in [0.717, 1.165) is 25.0 Å². The first-order valence-electron chi connectivity index (χ1n) is 10.1. The molecule has 1 aliphatic heterocycles. The molecular weight excluding hydrogens is 415 g/mol. The van der Waals surface area contributed by atoms with E-state index in [-0.39, 0.29) is 11.9 Å². The quantitative estimate of drug-likeness (QED) is 0.720. The first-order chi connectivity index (χ1) is 14.2. The Kier molecular flexibility index (Phi) is 5.91. The number of anilines is 1. The minimum Gasteiger partial charge on any atom is -0.310 e. The third kappa shape index (κ3) is 5.22. The number of alkyl halides is 3. The van der Waals surface area contributed by atoms with Gasteiger partial charge >= 0.3 is 6.18 Å². The average molecular weight is 442 g/mol. The highest BCUT2D eigenvalue weighted by molar-refractivity contribution is 7.10. The normalized spacial score (nSPS) is 23.0. The smallest absolute Gasteiger partial charge is 0.310 e. The third-order valence-electron chi connectivity index (χ3n) is 5.72. The fourth-order valence-electron chi connectivity index (χ4n) is 4.09. The second-order valence-electron chi connectivity index (χ2n) is 8.27. The Bertz CT molecular complexity index is 901. The van der Waals surface area contributed by atoms with Gasteiger partial charge in [-0.1, -0.05) is 0 Å². The predicted octanol–water partition coefficient (Wildman–Crippen LogP) is 3.51. The number of nitrogens with one attached hydrogen (secondary N) is 2. The summed E-state index contributed by atoms with van der Waals surface area (Å²) < 4.78 is 39.2. The van der Waals surface area contributed by atoms with Gasteiger partial charge in [0.15, 0.2) is 0 Å². The van der Waals surface area contributed by atoms with Gasteiger partial charge in [0.2, 0.25) is 0 Å². The van der Waals surface area contributed by atoms with E-state index < -0.39 is 12.7 Å². The maximum Gasteiger partial charge on any atom is 0.401 e. The number of likely N-dealkylation sites (tertiary alicyclic amines) is 1. The van der Waals surface area contributed by atoms with Gasteiger partial charge in [-0.3, -0.25) is 14.4 Å². The highest BCUT2D eigenvalue weighted by Gasteiger charge is 2.41. The first-order valence-corrected chi connectivity index (χ1v) is 11.0. The van der Waals surface area contributed by atoms with Crippen molar-refractivity contribution < 1.29 is 18.0 Å². The third-order valence-corrected chi connectivity index (χ3v) is 6.79. The lowest BCUT2D eigenvalue weighted by molar-refractivity contribution is -0.148. The molecule has 2 N–H and O–H groups in total. The number of carbonyl (C=O) groups is 1. The Balaban J connectivity index is 1.25. The summed E-state index contributed by atoms with van der Waals surface area (Å²) in [6.45, 7) is 2.01. The standard InChI is InChI=1S/C20H26F3N5OS/c1-12-7-18(27(2)26-12)25-19(29)13-8-17(30-10-13)15-9-16(15)24-14-3-5-28(6-4-14)11-20(21,22)23/h7-8,10,14-16,24H,3-6,9,11H2,1-2H3,(H,25,29). The van der Waals surface area contributed by atoms with Crippen LogP contribution < -0.4 is 10.6 Å². The predicted molar refractivity (Wildman–Crippen MR) is 110 cm³/mol. The molecule has 0 radical (unpaired) electrons. The molecule has 2 aliphatic rings. The molecule has 1 saturated carbocycles. The molecule has 164 valence electrons. The maximum atomic E-state index is 12.5. The van der Waals surface area contributed by atoms with Crippen molar-refractivity contribution in [2.75, 3.05) is 25.0 Å². The first kappa shape index (κ1) is 21.3. The summed E-state index contributed by atoms with van der Waals surface area (Å²) in [6.07, 6.45) is -1.64. The molecule has 30 heavy (non-hydrogen) atoms. The van der Waals surface area contributed by atoms with Gasteiger partial charge in [-0.05, 0) is 45.3 Å². The van der Waals surface area contributed by atoms with E-state index in [1.807, 2.05) is 24.4 Å². The minimum absolute atomic E-state index is 0.150. The molecule has 4 rings (SSSR count). The molecule has 1 aliphatic carbocycles. The van der Waals surface area contributed by atoms with Gasteiger partial charge in [-0.25, -0.2) is 0 Å². The SMILES string of the molecule is Cc1cc(NC(=O)c2csc(C3CC3NC3CCN(CC(F)(F)F)CC3)c2)n(C)n1. The zero-order valence-electron chi connectivity index (χ0n) is 17.0. The van der Waals surface area contributed by atoms with E-state index in [1.54, 1.807) is 23.1 Å². The number of carbonyl (C=O) groups excluding carboxylic acids is 1. The number of halogens is 3.